The molecular formula is C15H11Cl3N2OS2. The van der Waals surface area contributed by atoms with E-state index < -0.39 is 0 Å². The molecule has 2 aromatic carbocycles. The van der Waals surface area contributed by atoms with Gasteiger partial charge in [0.15, 0.2) is 5.75 Å². The van der Waals surface area contributed by atoms with Crippen LogP contribution in [0.3, 0.4) is 0 Å². The van der Waals surface area contributed by atoms with Crippen molar-refractivity contribution in [2.45, 2.75) is 18.7 Å². The normalized spacial score (nSPS) is 11.0. The van der Waals surface area contributed by atoms with Gasteiger partial charge in [-0.2, -0.15) is 0 Å². The van der Waals surface area contributed by atoms with Crippen LogP contribution >= 0.6 is 58.4 Å². The van der Waals surface area contributed by atoms with Crippen LogP contribution in [-0.2, 0) is 0 Å². The quantitative estimate of drug-likeness (QED) is 0.480. The first kappa shape index (κ1) is 17.0. The summed E-state index contributed by atoms with van der Waals surface area (Å²) in [5.41, 5.74) is 2.31. The predicted octanol–water partition coefficient (Wildman–Crippen LogP) is 6.87. The fourth-order valence-electron chi connectivity index (χ4n) is 2.08. The summed E-state index contributed by atoms with van der Waals surface area (Å²) < 4.78 is 9.08. The third-order valence-corrected chi connectivity index (χ3v) is 6.09. The lowest BCUT2D eigenvalue weighted by Gasteiger charge is -2.13. The second-order valence-corrected chi connectivity index (χ2v) is 7.81. The van der Waals surface area contributed by atoms with E-state index in [4.69, 9.17) is 39.4 Å². The minimum absolute atomic E-state index is 0.458. The maximum atomic E-state index is 6.48. The molecule has 0 bridgehead atoms. The van der Waals surface area contributed by atoms with E-state index in [0.717, 1.165) is 25.7 Å². The summed E-state index contributed by atoms with van der Waals surface area (Å²) in [5.74, 6) is 0.458. The molecule has 1 aromatic heterocycles. The van der Waals surface area contributed by atoms with Gasteiger partial charge in [0.1, 0.15) is 23.1 Å². The number of fused-ring (bicyclic) bond motifs is 1. The molecule has 3 rings (SSSR count). The highest BCUT2D eigenvalue weighted by molar-refractivity contribution is 8.00. The second kappa shape index (κ2) is 6.95. The molecule has 0 aliphatic heterocycles. The third kappa shape index (κ3) is 3.35. The molecule has 0 spiro atoms. The minimum atomic E-state index is 0.458. The summed E-state index contributed by atoms with van der Waals surface area (Å²) in [7, 11) is 0. The standard InChI is InChI=1S/C15H11Cl3N2OS2/c1-7-9(16)4-3-5-11(7)23-20-14-10(21-18)6-12-15(13(14)17)19-8(2)22-12/h3-6,20H,1-2H3. The molecule has 3 nitrogen and oxygen atoms in total. The van der Waals surface area contributed by atoms with Crippen LogP contribution in [0.25, 0.3) is 10.2 Å². The zero-order valence-corrected chi connectivity index (χ0v) is 16.0. The average Bonchev–Trinajstić information content (AvgIpc) is 2.90. The van der Waals surface area contributed by atoms with Crippen LogP contribution in [0.5, 0.6) is 5.75 Å². The summed E-state index contributed by atoms with van der Waals surface area (Å²) in [4.78, 5) is 5.44. The van der Waals surface area contributed by atoms with E-state index >= 15 is 0 Å². The van der Waals surface area contributed by atoms with Gasteiger partial charge in [-0.05, 0) is 43.5 Å². The monoisotopic (exact) mass is 404 g/mol. The van der Waals surface area contributed by atoms with E-state index in [1.165, 1.54) is 23.3 Å². The maximum absolute atomic E-state index is 6.48. The molecule has 1 heterocycles. The van der Waals surface area contributed by atoms with Gasteiger partial charge >= 0.3 is 0 Å². The van der Waals surface area contributed by atoms with Gasteiger partial charge < -0.3 is 9.01 Å². The lowest BCUT2D eigenvalue weighted by atomic mass is 10.2. The summed E-state index contributed by atoms with van der Waals surface area (Å²) >= 11 is 21.2. The van der Waals surface area contributed by atoms with Crippen LogP contribution in [0.4, 0.5) is 5.69 Å². The van der Waals surface area contributed by atoms with Gasteiger partial charge in [0.05, 0.1) is 14.7 Å². The Morgan fingerprint density at radius 3 is 2.78 bits per heavy atom. The molecule has 0 aliphatic carbocycles. The molecular weight excluding hydrogens is 395 g/mol. The van der Waals surface area contributed by atoms with Crippen molar-refractivity contribution in [3.8, 4) is 5.75 Å². The molecule has 0 saturated carbocycles. The van der Waals surface area contributed by atoms with Gasteiger partial charge in [0.2, 0.25) is 0 Å². The Hall–Kier alpha value is -0.850. The van der Waals surface area contributed by atoms with Crippen LogP contribution < -0.4 is 9.01 Å². The Labute approximate surface area is 157 Å². The minimum Gasteiger partial charge on any atom is -0.383 e. The largest absolute Gasteiger partial charge is 0.383 e. The Morgan fingerprint density at radius 1 is 1.26 bits per heavy atom. The van der Waals surface area contributed by atoms with Crippen LogP contribution in [0.2, 0.25) is 10.0 Å². The topological polar surface area (TPSA) is 34.2 Å². The number of halogens is 3. The second-order valence-electron chi connectivity index (χ2n) is 4.79. The average molecular weight is 406 g/mol. The Kier molecular flexibility index (Phi) is 5.13. The Bertz CT molecular complexity index is 883. The van der Waals surface area contributed by atoms with Gasteiger partial charge in [-0.15, -0.1) is 11.3 Å². The van der Waals surface area contributed by atoms with Crippen molar-refractivity contribution < 1.29 is 4.29 Å². The molecule has 0 unspecified atom stereocenters. The molecule has 0 aliphatic rings. The lowest BCUT2D eigenvalue weighted by Crippen LogP contribution is -1.93. The van der Waals surface area contributed by atoms with Crippen molar-refractivity contribution in [3.63, 3.8) is 0 Å². The van der Waals surface area contributed by atoms with Gasteiger partial charge in [-0.1, -0.05) is 29.3 Å². The van der Waals surface area contributed by atoms with E-state index in [-0.39, 0.29) is 0 Å². The first-order chi connectivity index (χ1) is 11.0. The van der Waals surface area contributed by atoms with Crippen molar-refractivity contribution in [2.24, 2.45) is 0 Å². The number of hydrogen-bond acceptors (Lipinski definition) is 5. The molecule has 0 saturated heterocycles. The molecule has 0 atom stereocenters. The zero-order valence-electron chi connectivity index (χ0n) is 12.1. The van der Waals surface area contributed by atoms with Crippen molar-refractivity contribution in [3.05, 3.63) is 44.9 Å². The maximum Gasteiger partial charge on any atom is 0.173 e. The van der Waals surface area contributed by atoms with E-state index in [2.05, 4.69) is 9.71 Å². The van der Waals surface area contributed by atoms with Crippen LogP contribution in [-0.4, -0.2) is 4.98 Å². The molecule has 0 fully saturated rings. The summed E-state index contributed by atoms with van der Waals surface area (Å²) in [6.07, 6.45) is 0. The molecule has 3 aromatic rings. The highest BCUT2D eigenvalue weighted by atomic mass is 35.5. The number of aryl methyl sites for hydroxylation is 1. The van der Waals surface area contributed by atoms with Crippen molar-refractivity contribution in [2.75, 3.05) is 4.72 Å². The van der Waals surface area contributed by atoms with Crippen LogP contribution in [0.1, 0.15) is 10.6 Å². The number of anilines is 1. The number of aromatic nitrogens is 1. The summed E-state index contributed by atoms with van der Waals surface area (Å²) in [6, 6.07) is 7.55. The number of rotatable bonds is 4. The number of hydrogen-bond donors (Lipinski definition) is 1. The lowest BCUT2D eigenvalue weighted by molar-refractivity contribution is 0.623. The van der Waals surface area contributed by atoms with Gasteiger partial charge in [0.25, 0.3) is 0 Å². The van der Waals surface area contributed by atoms with Gasteiger partial charge in [0, 0.05) is 16.0 Å². The Morgan fingerprint density at radius 2 is 2.04 bits per heavy atom. The Balaban J connectivity index is 1.98. The van der Waals surface area contributed by atoms with Crippen LogP contribution in [0.15, 0.2) is 29.2 Å². The SMILES string of the molecule is Cc1nc2c(Cl)c(NSc3cccc(Cl)c3C)c(OCl)cc2s1. The van der Waals surface area contributed by atoms with Gasteiger partial charge in [-0.25, -0.2) is 4.98 Å². The molecule has 120 valence electrons. The van der Waals surface area contributed by atoms with E-state index in [0.29, 0.717) is 21.5 Å². The molecule has 0 radical (unpaired) electrons. The fourth-order valence-corrected chi connectivity index (χ4v) is 4.51. The first-order valence-corrected chi connectivity index (χ1v) is 9.27. The smallest absolute Gasteiger partial charge is 0.173 e. The first-order valence-electron chi connectivity index (χ1n) is 6.57. The third-order valence-electron chi connectivity index (χ3n) is 3.26. The number of nitrogens with one attached hydrogen (secondary N) is 1. The summed E-state index contributed by atoms with van der Waals surface area (Å²) in [5, 5.41) is 2.12. The van der Waals surface area contributed by atoms with E-state index in [9.17, 15) is 0 Å². The predicted molar refractivity (Wildman–Crippen MR) is 102 cm³/mol. The van der Waals surface area contributed by atoms with E-state index in [1.807, 2.05) is 38.1 Å². The number of thiazole rings is 1. The molecule has 23 heavy (non-hydrogen) atoms. The van der Waals surface area contributed by atoms with Gasteiger partial charge in [-0.3, -0.25) is 0 Å². The van der Waals surface area contributed by atoms with Crippen LogP contribution in [0, 0.1) is 13.8 Å². The molecule has 1 N–H and O–H groups in total. The number of nitrogens with zero attached hydrogens (tertiary/aromatic N) is 1. The van der Waals surface area contributed by atoms with Crippen molar-refractivity contribution >= 4 is 74.3 Å². The summed E-state index contributed by atoms with van der Waals surface area (Å²) in [6.45, 7) is 3.89. The highest BCUT2D eigenvalue weighted by Crippen LogP contribution is 2.43. The zero-order chi connectivity index (χ0) is 16.6. The van der Waals surface area contributed by atoms with Crippen molar-refractivity contribution in [1.82, 2.24) is 4.98 Å². The highest BCUT2D eigenvalue weighted by Gasteiger charge is 2.17. The molecule has 8 heteroatoms. The van der Waals surface area contributed by atoms with Crippen molar-refractivity contribution in [1.29, 1.82) is 0 Å². The fraction of sp³-hybridized carbons (Fsp3) is 0.133. The number of benzene rings is 2. The van der Waals surface area contributed by atoms with E-state index in [1.54, 1.807) is 0 Å². The molecule has 0 amide bonds.